The third-order valence-electron chi connectivity index (χ3n) is 3.79. The van der Waals surface area contributed by atoms with E-state index in [-0.39, 0.29) is 0 Å². The number of nitrogens with zero attached hydrogens (tertiary/aromatic N) is 2. The minimum Gasteiger partial charge on any atom is -0.467 e. The zero-order valence-electron chi connectivity index (χ0n) is 12.7. The van der Waals surface area contributed by atoms with E-state index in [1.54, 1.807) is 6.26 Å². The van der Waals surface area contributed by atoms with Gasteiger partial charge in [0.2, 0.25) is 0 Å². The molecule has 4 nitrogen and oxygen atoms in total. The lowest BCUT2D eigenvalue weighted by molar-refractivity contribution is 0.500. The van der Waals surface area contributed by atoms with Crippen LogP contribution in [0.5, 0.6) is 0 Å². The fourth-order valence-corrected chi connectivity index (χ4v) is 2.50. The molecule has 1 aliphatic rings. The molecule has 0 aromatic carbocycles. The maximum Gasteiger partial charge on any atom is 0.123 e. The van der Waals surface area contributed by atoms with Gasteiger partial charge in [0.05, 0.1) is 24.7 Å². The molecule has 0 saturated heterocycles. The lowest BCUT2D eigenvalue weighted by atomic mass is 10.2. The Labute approximate surface area is 126 Å². The maximum absolute atomic E-state index is 5.52. The number of furan rings is 1. The summed E-state index contributed by atoms with van der Waals surface area (Å²) < 4.78 is 5.52. The average Bonchev–Trinajstić information content (AvgIpc) is 3.20. The van der Waals surface area contributed by atoms with Crippen molar-refractivity contribution >= 4 is 5.69 Å². The smallest absolute Gasteiger partial charge is 0.123 e. The van der Waals surface area contributed by atoms with Gasteiger partial charge < -0.3 is 14.6 Å². The fourth-order valence-electron chi connectivity index (χ4n) is 2.50. The Morgan fingerprint density at radius 3 is 2.90 bits per heavy atom. The van der Waals surface area contributed by atoms with Gasteiger partial charge in [-0.2, -0.15) is 0 Å². The van der Waals surface area contributed by atoms with Crippen LogP contribution in [0.1, 0.15) is 38.0 Å². The second kappa shape index (κ2) is 6.31. The van der Waals surface area contributed by atoms with Gasteiger partial charge in [0.25, 0.3) is 0 Å². The zero-order valence-corrected chi connectivity index (χ0v) is 12.7. The van der Waals surface area contributed by atoms with Crippen molar-refractivity contribution in [2.24, 2.45) is 0 Å². The lowest BCUT2D eigenvalue weighted by Gasteiger charge is -2.26. The molecule has 0 radical (unpaired) electrons. The Bertz CT molecular complexity index is 561. The van der Waals surface area contributed by atoms with E-state index in [4.69, 9.17) is 4.42 Å². The van der Waals surface area contributed by atoms with E-state index in [2.05, 4.69) is 35.1 Å². The maximum atomic E-state index is 5.52. The third-order valence-corrected chi connectivity index (χ3v) is 3.79. The molecule has 0 unspecified atom stereocenters. The Morgan fingerprint density at radius 2 is 2.24 bits per heavy atom. The van der Waals surface area contributed by atoms with Crippen LogP contribution in [0.25, 0.3) is 0 Å². The predicted molar refractivity (Wildman–Crippen MR) is 84.1 cm³/mol. The Balaban J connectivity index is 1.81. The van der Waals surface area contributed by atoms with Crippen molar-refractivity contribution < 1.29 is 4.42 Å². The Hall–Kier alpha value is -1.81. The summed E-state index contributed by atoms with van der Waals surface area (Å²) in [6, 6.07) is 7.20. The molecule has 2 aromatic heterocycles. The molecular formula is C17H23N3O. The minimum atomic E-state index is 0.477. The van der Waals surface area contributed by atoms with E-state index in [9.17, 15) is 0 Å². The number of rotatable bonds is 7. The summed E-state index contributed by atoms with van der Waals surface area (Å²) in [4.78, 5) is 6.77. The number of pyridine rings is 1. The minimum absolute atomic E-state index is 0.477. The molecule has 0 bridgehead atoms. The number of aromatic nitrogens is 1. The third kappa shape index (κ3) is 3.64. The van der Waals surface area contributed by atoms with E-state index in [0.29, 0.717) is 12.1 Å². The van der Waals surface area contributed by atoms with Gasteiger partial charge in [-0.1, -0.05) is 13.8 Å². The molecular weight excluding hydrogens is 262 g/mol. The van der Waals surface area contributed by atoms with Crippen LogP contribution in [0.2, 0.25) is 0 Å². The van der Waals surface area contributed by atoms with Crippen molar-refractivity contribution in [2.45, 2.75) is 51.9 Å². The van der Waals surface area contributed by atoms with Crippen LogP contribution in [0.4, 0.5) is 5.69 Å². The molecule has 1 N–H and O–H groups in total. The first kappa shape index (κ1) is 14.1. The molecule has 0 amide bonds. The van der Waals surface area contributed by atoms with Gasteiger partial charge in [-0.05, 0) is 36.6 Å². The number of hydrogen-bond donors (Lipinski definition) is 1. The molecule has 112 valence electrons. The normalized spacial score (nSPS) is 14.6. The first-order valence-corrected chi connectivity index (χ1v) is 7.69. The first-order chi connectivity index (χ1) is 10.2. The second-order valence-electron chi connectivity index (χ2n) is 5.98. The molecule has 2 aromatic rings. The van der Waals surface area contributed by atoms with Gasteiger partial charge in [-0.25, -0.2) is 0 Å². The highest BCUT2D eigenvalue weighted by molar-refractivity contribution is 5.53. The van der Waals surface area contributed by atoms with Gasteiger partial charge in [-0.15, -0.1) is 0 Å². The van der Waals surface area contributed by atoms with E-state index >= 15 is 0 Å². The van der Waals surface area contributed by atoms with Crippen molar-refractivity contribution in [3.8, 4) is 0 Å². The highest BCUT2D eigenvalue weighted by atomic mass is 16.3. The number of hydrogen-bond acceptors (Lipinski definition) is 4. The summed E-state index contributed by atoms with van der Waals surface area (Å²) in [5.41, 5.74) is 2.53. The van der Waals surface area contributed by atoms with Crippen molar-refractivity contribution in [3.05, 3.63) is 48.2 Å². The van der Waals surface area contributed by atoms with Crippen molar-refractivity contribution in [3.63, 3.8) is 0 Å². The number of anilines is 1. The quantitative estimate of drug-likeness (QED) is 0.847. The van der Waals surface area contributed by atoms with Gasteiger partial charge >= 0.3 is 0 Å². The van der Waals surface area contributed by atoms with E-state index in [1.165, 1.54) is 24.1 Å². The summed E-state index contributed by atoms with van der Waals surface area (Å²) in [6.07, 6.45) is 8.11. The van der Waals surface area contributed by atoms with E-state index in [1.807, 2.05) is 24.5 Å². The van der Waals surface area contributed by atoms with Gasteiger partial charge in [-0.3, -0.25) is 4.98 Å². The van der Waals surface area contributed by atoms with Crippen LogP contribution in [0.3, 0.4) is 0 Å². The summed E-state index contributed by atoms with van der Waals surface area (Å²) in [6.45, 7) is 6.03. The zero-order chi connectivity index (χ0) is 14.7. The van der Waals surface area contributed by atoms with Crippen LogP contribution in [0.15, 0.2) is 41.3 Å². The lowest BCUT2D eigenvalue weighted by Crippen LogP contribution is -2.28. The summed E-state index contributed by atoms with van der Waals surface area (Å²) in [7, 11) is 0. The van der Waals surface area contributed by atoms with Crippen molar-refractivity contribution in [1.82, 2.24) is 10.3 Å². The molecule has 0 spiro atoms. The molecule has 1 fully saturated rings. The molecule has 3 rings (SSSR count). The first-order valence-electron chi connectivity index (χ1n) is 7.69. The molecule has 2 heterocycles. The van der Waals surface area contributed by atoms with Crippen molar-refractivity contribution in [2.75, 3.05) is 4.90 Å². The van der Waals surface area contributed by atoms with Crippen LogP contribution in [0, 0.1) is 0 Å². The molecule has 0 atom stereocenters. The summed E-state index contributed by atoms with van der Waals surface area (Å²) in [5.74, 6) is 1.01. The van der Waals surface area contributed by atoms with Gasteiger partial charge in [0, 0.05) is 24.8 Å². The molecule has 1 aliphatic carbocycles. The number of nitrogens with one attached hydrogen (secondary N) is 1. The SMILES string of the molecule is CC(C)NCc1ccncc1N(Cc1ccco1)C1CC1. The largest absolute Gasteiger partial charge is 0.467 e. The Morgan fingerprint density at radius 1 is 1.38 bits per heavy atom. The van der Waals surface area contributed by atoms with Crippen LogP contribution in [-0.4, -0.2) is 17.1 Å². The Kier molecular flexibility index (Phi) is 4.25. The topological polar surface area (TPSA) is 41.3 Å². The predicted octanol–water partition coefficient (Wildman–Crippen LogP) is 3.34. The summed E-state index contributed by atoms with van der Waals surface area (Å²) >= 11 is 0. The average molecular weight is 285 g/mol. The highest BCUT2D eigenvalue weighted by Crippen LogP contribution is 2.34. The van der Waals surface area contributed by atoms with Gasteiger partial charge in [0.1, 0.15) is 5.76 Å². The molecule has 1 saturated carbocycles. The fraction of sp³-hybridized carbons (Fsp3) is 0.471. The van der Waals surface area contributed by atoms with Crippen LogP contribution < -0.4 is 10.2 Å². The monoisotopic (exact) mass is 285 g/mol. The van der Waals surface area contributed by atoms with Gasteiger partial charge in [0.15, 0.2) is 0 Å². The summed E-state index contributed by atoms with van der Waals surface area (Å²) in [5, 5.41) is 3.50. The molecule has 0 aliphatic heterocycles. The van der Waals surface area contributed by atoms with Crippen LogP contribution >= 0.6 is 0 Å². The molecule has 21 heavy (non-hydrogen) atoms. The van der Waals surface area contributed by atoms with E-state index < -0.39 is 0 Å². The second-order valence-corrected chi connectivity index (χ2v) is 5.98. The van der Waals surface area contributed by atoms with E-state index in [0.717, 1.165) is 18.8 Å². The van der Waals surface area contributed by atoms with Crippen molar-refractivity contribution in [1.29, 1.82) is 0 Å². The standard InChI is InChI=1S/C17H23N3O/c1-13(2)19-10-14-7-8-18-11-17(14)20(15-5-6-15)12-16-4-3-9-21-16/h3-4,7-9,11,13,15,19H,5-6,10,12H2,1-2H3. The molecule has 4 heteroatoms. The van der Waals surface area contributed by atoms with Crippen LogP contribution in [-0.2, 0) is 13.1 Å². The highest BCUT2D eigenvalue weighted by Gasteiger charge is 2.31.